The second-order valence-corrected chi connectivity index (χ2v) is 6.97. The van der Waals surface area contributed by atoms with Crippen LogP contribution in [0.3, 0.4) is 0 Å². The fraction of sp³-hybridized carbons (Fsp3) is 0.100. The zero-order valence-corrected chi connectivity index (χ0v) is 16.4. The highest BCUT2D eigenvalue weighted by molar-refractivity contribution is 9.10. The largest absolute Gasteiger partial charge is 0.416 e. The summed E-state index contributed by atoms with van der Waals surface area (Å²) >= 11 is 3.15. The highest BCUT2D eigenvalue weighted by Gasteiger charge is 2.30. The Labute approximate surface area is 172 Å². The molecule has 0 bridgehead atoms. The normalized spacial score (nSPS) is 11.2. The van der Waals surface area contributed by atoms with Crippen LogP contribution in [0.2, 0.25) is 0 Å². The molecule has 0 saturated carbocycles. The molecule has 0 aliphatic heterocycles. The lowest BCUT2D eigenvalue weighted by Gasteiger charge is -2.13. The number of amides is 1. The topological polar surface area (TPSA) is 74.0 Å². The first kappa shape index (κ1) is 20.7. The van der Waals surface area contributed by atoms with E-state index >= 15 is 0 Å². The number of nitrogens with one attached hydrogen (secondary N) is 3. The lowest BCUT2D eigenvalue weighted by Crippen LogP contribution is -2.16. The highest BCUT2D eigenvalue weighted by atomic mass is 79.9. The van der Waals surface area contributed by atoms with Crippen molar-refractivity contribution in [3.05, 3.63) is 92.3 Å². The highest BCUT2D eigenvalue weighted by Crippen LogP contribution is 2.31. The van der Waals surface area contributed by atoms with Crippen molar-refractivity contribution in [2.75, 3.05) is 10.6 Å². The first-order chi connectivity index (χ1) is 13.7. The SMILES string of the molecule is O=C(Nc1cccc(C(F)(F)F)c1)c1ccccc1NCc1c[nH]c(=O)c(Br)c1. The van der Waals surface area contributed by atoms with Gasteiger partial charge in [0.15, 0.2) is 0 Å². The number of hydrogen-bond donors (Lipinski definition) is 3. The van der Waals surface area contributed by atoms with E-state index in [2.05, 4.69) is 31.5 Å². The number of pyridine rings is 1. The van der Waals surface area contributed by atoms with Crippen LogP contribution in [-0.2, 0) is 12.7 Å². The minimum Gasteiger partial charge on any atom is -0.380 e. The van der Waals surface area contributed by atoms with Crippen LogP contribution in [0.5, 0.6) is 0 Å². The number of para-hydroxylation sites is 1. The number of H-pyrrole nitrogens is 1. The smallest absolute Gasteiger partial charge is 0.380 e. The molecule has 9 heteroatoms. The molecule has 150 valence electrons. The molecule has 0 radical (unpaired) electrons. The van der Waals surface area contributed by atoms with Crippen LogP contribution in [0.25, 0.3) is 0 Å². The fourth-order valence-corrected chi connectivity index (χ4v) is 3.01. The predicted molar refractivity (Wildman–Crippen MR) is 108 cm³/mol. The van der Waals surface area contributed by atoms with E-state index in [1.807, 2.05) is 0 Å². The number of aromatic nitrogens is 1. The average molecular weight is 466 g/mol. The van der Waals surface area contributed by atoms with Gasteiger partial charge in [-0.1, -0.05) is 18.2 Å². The molecule has 0 saturated heterocycles. The molecule has 2 aromatic carbocycles. The van der Waals surface area contributed by atoms with Crippen molar-refractivity contribution in [2.24, 2.45) is 0 Å². The number of anilines is 2. The van der Waals surface area contributed by atoms with Crippen LogP contribution >= 0.6 is 15.9 Å². The van der Waals surface area contributed by atoms with Gasteiger partial charge in [0, 0.05) is 24.1 Å². The van der Waals surface area contributed by atoms with E-state index in [-0.39, 0.29) is 16.8 Å². The van der Waals surface area contributed by atoms with E-state index in [0.29, 0.717) is 16.7 Å². The molecule has 1 heterocycles. The van der Waals surface area contributed by atoms with E-state index in [1.54, 1.807) is 36.5 Å². The van der Waals surface area contributed by atoms with Crippen LogP contribution in [0.1, 0.15) is 21.5 Å². The molecule has 3 aromatic rings. The van der Waals surface area contributed by atoms with Gasteiger partial charge in [0.05, 0.1) is 15.6 Å². The quantitative estimate of drug-likeness (QED) is 0.495. The van der Waals surface area contributed by atoms with Crippen LogP contribution in [0.4, 0.5) is 24.5 Å². The number of carbonyl (C=O) groups excluding carboxylic acids is 1. The van der Waals surface area contributed by atoms with Crippen molar-refractivity contribution in [3.63, 3.8) is 0 Å². The molecule has 1 amide bonds. The van der Waals surface area contributed by atoms with Crippen molar-refractivity contribution < 1.29 is 18.0 Å². The van der Waals surface area contributed by atoms with Gasteiger partial charge in [-0.25, -0.2) is 0 Å². The first-order valence-corrected chi connectivity index (χ1v) is 9.22. The number of hydrogen-bond acceptors (Lipinski definition) is 3. The summed E-state index contributed by atoms with van der Waals surface area (Å²) in [6.07, 6.45) is -2.95. The maximum atomic E-state index is 12.9. The number of benzene rings is 2. The van der Waals surface area contributed by atoms with Gasteiger partial charge >= 0.3 is 6.18 Å². The standard InChI is InChI=1S/C20H15BrF3N3O2/c21-16-8-12(11-26-19(16)29)10-25-17-7-2-1-6-15(17)18(28)27-14-5-3-4-13(9-14)20(22,23)24/h1-9,11,25H,10H2,(H,26,29)(H,27,28). The minimum atomic E-state index is -4.49. The van der Waals surface area contributed by atoms with Gasteiger partial charge in [-0.15, -0.1) is 0 Å². The van der Waals surface area contributed by atoms with E-state index in [9.17, 15) is 22.8 Å². The van der Waals surface area contributed by atoms with Gasteiger partial charge < -0.3 is 15.6 Å². The maximum Gasteiger partial charge on any atom is 0.416 e. The summed E-state index contributed by atoms with van der Waals surface area (Å²) in [4.78, 5) is 26.6. The van der Waals surface area contributed by atoms with Crippen molar-refractivity contribution in [1.82, 2.24) is 4.98 Å². The summed E-state index contributed by atoms with van der Waals surface area (Å²) in [6, 6.07) is 12.7. The molecule has 5 nitrogen and oxygen atoms in total. The average Bonchev–Trinajstić information content (AvgIpc) is 2.68. The van der Waals surface area contributed by atoms with E-state index in [1.165, 1.54) is 12.1 Å². The second-order valence-electron chi connectivity index (χ2n) is 6.12. The Morgan fingerprint density at radius 3 is 2.55 bits per heavy atom. The van der Waals surface area contributed by atoms with Crippen molar-refractivity contribution in [1.29, 1.82) is 0 Å². The molecule has 0 atom stereocenters. The molecule has 0 unspecified atom stereocenters. The molecular formula is C20H15BrF3N3O2. The number of halogens is 4. The molecular weight excluding hydrogens is 451 g/mol. The van der Waals surface area contributed by atoms with Crippen LogP contribution < -0.4 is 16.2 Å². The summed E-state index contributed by atoms with van der Waals surface area (Å²) in [7, 11) is 0. The maximum absolute atomic E-state index is 12.9. The lowest BCUT2D eigenvalue weighted by molar-refractivity contribution is -0.137. The second kappa shape index (κ2) is 8.52. The Morgan fingerprint density at radius 1 is 1.07 bits per heavy atom. The summed E-state index contributed by atoms with van der Waals surface area (Å²) in [6.45, 7) is 0.323. The monoisotopic (exact) mass is 465 g/mol. The molecule has 3 N–H and O–H groups in total. The number of aromatic amines is 1. The first-order valence-electron chi connectivity index (χ1n) is 8.42. The molecule has 3 rings (SSSR count). The molecule has 0 aliphatic carbocycles. The lowest BCUT2D eigenvalue weighted by atomic mass is 10.1. The summed E-state index contributed by atoms with van der Waals surface area (Å²) in [5, 5.41) is 5.59. The third-order valence-electron chi connectivity index (χ3n) is 4.02. The molecule has 0 fully saturated rings. The van der Waals surface area contributed by atoms with Crippen molar-refractivity contribution >= 4 is 33.2 Å². The van der Waals surface area contributed by atoms with Crippen LogP contribution in [0.15, 0.2) is 70.1 Å². The zero-order chi connectivity index (χ0) is 21.0. The third kappa shape index (κ3) is 5.26. The van der Waals surface area contributed by atoms with Gasteiger partial charge in [0.25, 0.3) is 11.5 Å². The number of alkyl halides is 3. The zero-order valence-electron chi connectivity index (χ0n) is 14.8. The van der Waals surface area contributed by atoms with Crippen LogP contribution in [0, 0.1) is 0 Å². The van der Waals surface area contributed by atoms with E-state index in [4.69, 9.17) is 0 Å². The summed E-state index contributed by atoms with van der Waals surface area (Å²) in [5.74, 6) is -0.546. The summed E-state index contributed by atoms with van der Waals surface area (Å²) < 4.78 is 39.0. The van der Waals surface area contributed by atoms with Crippen LogP contribution in [-0.4, -0.2) is 10.9 Å². The van der Waals surface area contributed by atoms with Gasteiger partial charge in [-0.05, 0) is 57.9 Å². The van der Waals surface area contributed by atoms with Gasteiger partial charge in [0.1, 0.15) is 0 Å². The third-order valence-corrected chi connectivity index (χ3v) is 4.61. The number of carbonyl (C=O) groups is 1. The van der Waals surface area contributed by atoms with Crippen molar-refractivity contribution in [3.8, 4) is 0 Å². The predicted octanol–water partition coefficient (Wildman–Crippen LogP) is 5.02. The van der Waals surface area contributed by atoms with Crippen molar-refractivity contribution in [2.45, 2.75) is 12.7 Å². The molecule has 0 aliphatic rings. The van der Waals surface area contributed by atoms with Gasteiger partial charge in [-0.3, -0.25) is 9.59 Å². The Hall–Kier alpha value is -3.07. The van der Waals surface area contributed by atoms with Gasteiger partial charge in [-0.2, -0.15) is 13.2 Å². The summed E-state index contributed by atoms with van der Waals surface area (Å²) in [5.41, 5.74) is 0.487. The molecule has 29 heavy (non-hydrogen) atoms. The molecule has 0 spiro atoms. The Morgan fingerprint density at radius 2 is 1.83 bits per heavy atom. The Balaban J connectivity index is 1.76. The minimum absolute atomic E-state index is 0.0455. The Bertz CT molecular complexity index is 1100. The Kier molecular flexibility index (Phi) is 6.07. The van der Waals surface area contributed by atoms with Gasteiger partial charge in [0.2, 0.25) is 0 Å². The van der Waals surface area contributed by atoms with E-state index in [0.717, 1.165) is 17.7 Å². The van der Waals surface area contributed by atoms with E-state index < -0.39 is 17.6 Å². The molecule has 1 aromatic heterocycles. The number of rotatable bonds is 5. The fourth-order valence-electron chi connectivity index (χ4n) is 2.60.